The van der Waals surface area contributed by atoms with Crippen molar-refractivity contribution >= 4 is 21.7 Å². The van der Waals surface area contributed by atoms with E-state index < -0.39 is 0 Å². The zero-order valence-corrected chi connectivity index (χ0v) is 9.71. The highest BCUT2D eigenvalue weighted by molar-refractivity contribution is 9.10. The van der Waals surface area contributed by atoms with Crippen LogP contribution in [-0.4, -0.2) is 4.98 Å². The molecule has 0 saturated heterocycles. The summed E-state index contributed by atoms with van der Waals surface area (Å²) >= 11 is 3.44. The van der Waals surface area contributed by atoms with Crippen LogP contribution in [0.25, 0.3) is 0 Å². The van der Waals surface area contributed by atoms with Crippen LogP contribution in [0.15, 0.2) is 10.5 Å². The van der Waals surface area contributed by atoms with Crippen molar-refractivity contribution in [3.63, 3.8) is 0 Å². The molecule has 0 radical (unpaired) electrons. The largest absolute Gasteiger partial charge is 0.383 e. The van der Waals surface area contributed by atoms with Gasteiger partial charge in [0.1, 0.15) is 5.82 Å². The molecule has 1 heterocycles. The van der Waals surface area contributed by atoms with Gasteiger partial charge in [-0.1, -0.05) is 0 Å². The molecule has 1 aliphatic carbocycles. The quantitative estimate of drug-likeness (QED) is 0.852. The van der Waals surface area contributed by atoms with Crippen LogP contribution in [0.5, 0.6) is 0 Å². The predicted molar refractivity (Wildman–Crippen MR) is 60.7 cm³/mol. The van der Waals surface area contributed by atoms with Crippen molar-refractivity contribution in [2.75, 3.05) is 5.73 Å². The fourth-order valence-electron chi connectivity index (χ4n) is 1.59. The second-order valence-corrected chi connectivity index (χ2v) is 4.75. The number of nitrogen functional groups attached to an aromatic ring is 1. The highest BCUT2D eigenvalue weighted by Gasteiger charge is 2.31. The molecule has 1 saturated carbocycles. The third kappa shape index (κ3) is 1.77. The second kappa shape index (κ2) is 3.51. The van der Waals surface area contributed by atoms with Crippen molar-refractivity contribution in [1.82, 2.24) is 4.98 Å². The predicted octanol–water partition coefficient (Wildman–Crippen LogP) is 2.14. The summed E-state index contributed by atoms with van der Waals surface area (Å²) < 4.78 is 0.984. The Labute approximate surface area is 92.0 Å². The van der Waals surface area contributed by atoms with Crippen molar-refractivity contribution < 1.29 is 0 Å². The monoisotopic (exact) mass is 255 g/mol. The van der Waals surface area contributed by atoms with E-state index in [-0.39, 0.29) is 6.04 Å². The van der Waals surface area contributed by atoms with Gasteiger partial charge in [-0.3, -0.25) is 0 Å². The van der Waals surface area contributed by atoms with E-state index >= 15 is 0 Å². The van der Waals surface area contributed by atoms with Crippen LogP contribution in [-0.2, 0) is 0 Å². The maximum Gasteiger partial charge on any atom is 0.128 e. The van der Waals surface area contributed by atoms with Crippen LogP contribution in [0.1, 0.15) is 30.1 Å². The van der Waals surface area contributed by atoms with Gasteiger partial charge in [0, 0.05) is 16.1 Å². The van der Waals surface area contributed by atoms with Crippen LogP contribution in [0, 0.1) is 12.8 Å². The molecule has 14 heavy (non-hydrogen) atoms. The van der Waals surface area contributed by atoms with Crippen molar-refractivity contribution in [2.45, 2.75) is 25.8 Å². The summed E-state index contributed by atoms with van der Waals surface area (Å²) in [6, 6.07) is 2.06. The highest BCUT2D eigenvalue weighted by atomic mass is 79.9. The maximum atomic E-state index is 6.08. The van der Waals surface area contributed by atoms with Crippen molar-refractivity contribution in [3.8, 4) is 0 Å². The smallest absolute Gasteiger partial charge is 0.128 e. The molecule has 0 aliphatic heterocycles. The summed E-state index contributed by atoms with van der Waals surface area (Å²) in [7, 11) is 0. The van der Waals surface area contributed by atoms with Gasteiger partial charge in [0.15, 0.2) is 0 Å². The first-order chi connectivity index (χ1) is 6.59. The molecule has 0 aromatic carbocycles. The molecule has 4 heteroatoms. The Morgan fingerprint density at radius 1 is 1.57 bits per heavy atom. The first-order valence-corrected chi connectivity index (χ1v) is 5.57. The van der Waals surface area contributed by atoms with Gasteiger partial charge in [0.25, 0.3) is 0 Å². The van der Waals surface area contributed by atoms with Crippen LogP contribution in [0.3, 0.4) is 0 Å². The number of nitrogens with two attached hydrogens (primary N) is 2. The summed E-state index contributed by atoms with van der Waals surface area (Å²) in [4.78, 5) is 4.26. The zero-order valence-electron chi connectivity index (χ0n) is 8.13. The van der Waals surface area contributed by atoms with Gasteiger partial charge in [-0.15, -0.1) is 0 Å². The molecule has 0 bridgehead atoms. The Hall–Kier alpha value is -0.610. The minimum atomic E-state index is 0.0550. The molecule has 1 fully saturated rings. The van der Waals surface area contributed by atoms with E-state index in [1.807, 2.05) is 13.0 Å². The van der Waals surface area contributed by atoms with E-state index in [4.69, 9.17) is 11.5 Å². The lowest BCUT2D eigenvalue weighted by atomic mass is 10.0. The zero-order chi connectivity index (χ0) is 10.3. The summed E-state index contributed by atoms with van der Waals surface area (Å²) in [6.07, 6.45) is 2.43. The molecular formula is C10H14BrN3. The van der Waals surface area contributed by atoms with E-state index in [1.165, 1.54) is 12.8 Å². The first-order valence-electron chi connectivity index (χ1n) is 4.77. The van der Waals surface area contributed by atoms with E-state index in [1.54, 1.807) is 0 Å². The molecule has 1 aliphatic rings. The average molecular weight is 256 g/mol. The number of hydrogen-bond donors (Lipinski definition) is 2. The SMILES string of the molecule is Cc1nc(N)c(C(N)C2CC2)cc1Br. The topological polar surface area (TPSA) is 64.9 Å². The number of pyridine rings is 1. The third-order valence-electron chi connectivity index (χ3n) is 2.70. The third-order valence-corrected chi connectivity index (χ3v) is 3.50. The normalized spacial score (nSPS) is 18.2. The van der Waals surface area contributed by atoms with Gasteiger partial charge in [0.2, 0.25) is 0 Å². The lowest BCUT2D eigenvalue weighted by molar-refractivity contribution is 0.632. The standard InChI is InChI=1S/C10H14BrN3/c1-5-8(11)4-7(10(13)14-5)9(12)6-2-3-6/h4,6,9H,2-3,12H2,1H3,(H2,13,14). The van der Waals surface area contributed by atoms with Crippen molar-refractivity contribution in [1.29, 1.82) is 0 Å². The number of aryl methyl sites for hydroxylation is 1. The maximum absolute atomic E-state index is 6.08. The average Bonchev–Trinajstić information content (AvgIpc) is 2.93. The Balaban J connectivity index is 2.36. The Kier molecular flexibility index (Phi) is 2.49. The van der Waals surface area contributed by atoms with Crippen LogP contribution in [0.4, 0.5) is 5.82 Å². The fraction of sp³-hybridized carbons (Fsp3) is 0.500. The van der Waals surface area contributed by atoms with Gasteiger partial charge < -0.3 is 11.5 Å². The summed E-state index contributed by atoms with van der Waals surface area (Å²) in [6.45, 7) is 1.92. The minimum absolute atomic E-state index is 0.0550. The molecule has 1 aromatic rings. The molecule has 1 atom stereocenters. The van der Waals surface area contributed by atoms with E-state index in [0.717, 1.165) is 15.7 Å². The number of anilines is 1. The molecule has 1 aromatic heterocycles. The van der Waals surface area contributed by atoms with E-state index in [2.05, 4.69) is 20.9 Å². The molecule has 1 unspecified atom stereocenters. The van der Waals surface area contributed by atoms with Gasteiger partial charge in [-0.05, 0) is 47.7 Å². The molecule has 2 rings (SSSR count). The molecule has 0 amide bonds. The number of halogens is 1. The Morgan fingerprint density at radius 3 is 2.79 bits per heavy atom. The molecule has 4 N–H and O–H groups in total. The lowest BCUT2D eigenvalue weighted by Gasteiger charge is -2.14. The number of hydrogen-bond acceptors (Lipinski definition) is 3. The lowest BCUT2D eigenvalue weighted by Crippen LogP contribution is -2.15. The molecule has 3 nitrogen and oxygen atoms in total. The van der Waals surface area contributed by atoms with Crippen LogP contribution >= 0.6 is 15.9 Å². The second-order valence-electron chi connectivity index (χ2n) is 3.89. The van der Waals surface area contributed by atoms with Gasteiger partial charge >= 0.3 is 0 Å². The Bertz CT molecular complexity index is 361. The van der Waals surface area contributed by atoms with Gasteiger partial charge in [0.05, 0.1) is 5.69 Å². The van der Waals surface area contributed by atoms with Crippen LogP contribution < -0.4 is 11.5 Å². The minimum Gasteiger partial charge on any atom is -0.383 e. The summed E-state index contributed by atoms with van der Waals surface area (Å²) in [5.74, 6) is 1.18. The van der Waals surface area contributed by atoms with E-state index in [9.17, 15) is 0 Å². The Morgan fingerprint density at radius 2 is 2.21 bits per heavy atom. The first kappa shape index (κ1) is 9.93. The summed E-state index contributed by atoms with van der Waals surface area (Å²) in [5, 5.41) is 0. The fourth-order valence-corrected chi connectivity index (χ4v) is 1.93. The van der Waals surface area contributed by atoms with Gasteiger partial charge in [-0.2, -0.15) is 0 Å². The highest BCUT2D eigenvalue weighted by Crippen LogP contribution is 2.41. The molecule has 76 valence electrons. The van der Waals surface area contributed by atoms with Crippen LogP contribution in [0.2, 0.25) is 0 Å². The number of aromatic nitrogens is 1. The molecule has 0 spiro atoms. The summed E-state index contributed by atoms with van der Waals surface area (Å²) in [5.41, 5.74) is 13.8. The van der Waals surface area contributed by atoms with Gasteiger partial charge in [-0.25, -0.2) is 4.98 Å². The van der Waals surface area contributed by atoms with E-state index in [0.29, 0.717) is 11.7 Å². The molecular weight excluding hydrogens is 242 g/mol. The number of rotatable bonds is 2. The number of nitrogens with zero attached hydrogens (tertiary/aromatic N) is 1. The van der Waals surface area contributed by atoms with Crippen molar-refractivity contribution in [3.05, 3.63) is 21.8 Å². The van der Waals surface area contributed by atoms with Crippen molar-refractivity contribution in [2.24, 2.45) is 11.7 Å².